The predicted octanol–water partition coefficient (Wildman–Crippen LogP) is 0.673. The van der Waals surface area contributed by atoms with Crippen molar-refractivity contribution < 1.29 is 13.2 Å². The molecule has 7 nitrogen and oxygen atoms in total. The monoisotopic (exact) mass is 302 g/mol. The summed E-state index contributed by atoms with van der Waals surface area (Å²) in [6.07, 6.45) is 2.08. The highest BCUT2D eigenvalue weighted by Crippen LogP contribution is 2.26. The number of aryl methyl sites for hydroxylation is 1. The number of morpholine rings is 1. The first-order chi connectivity index (χ1) is 9.40. The van der Waals surface area contributed by atoms with E-state index in [1.807, 2.05) is 20.8 Å². The smallest absolute Gasteiger partial charge is 0.248 e. The third-order valence-corrected chi connectivity index (χ3v) is 5.49. The largest absolute Gasteiger partial charge is 0.381 e. The summed E-state index contributed by atoms with van der Waals surface area (Å²) in [6, 6.07) is -0.152. The summed E-state index contributed by atoms with van der Waals surface area (Å²) in [4.78, 5) is 0.0897. The summed E-state index contributed by atoms with van der Waals surface area (Å²) < 4.78 is 34.1. The van der Waals surface area contributed by atoms with Crippen LogP contribution in [0, 0.1) is 0 Å². The zero-order valence-corrected chi connectivity index (χ0v) is 12.9. The Balaban J connectivity index is 2.39. The van der Waals surface area contributed by atoms with Crippen LogP contribution in [0.2, 0.25) is 0 Å². The van der Waals surface area contributed by atoms with Crippen molar-refractivity contribution >= 4 is 15.8 Å². The number of nitrogen functional groups attached to an aromatic ring is 1. The molecule has 2 N–H and O–H groups in total. The van der Waals surface area contributed by atoms with Crippen molar-refractivity contribution in [2.45, 2.75) is 50.8 Å². The first kappa shape index (κ1) is 15.3. The van der Waals surface area contributed by atoms with E-state index in [-0.39, 0.29) is 22.9 Å². The summed E-state index contributed by atoms with van der Waals surface area (Å²) in [5.41, 5.74) is 5.76. The van der Waals surface area contributed by atoms with Gasteiger partial charge in [0.1, 0.15) is 4.90 Å². The molecule has 2 unspecified atom stereocenters. The van der Waals surface area contributed by atoms with Gasteiger partial charge in [0.15, 0.2) is 5.82 Å². The molecule has 1 aromatic heterocycles. The minimum absolute atomic E-state index is 0.0563. The Bertz CT molecular complexity index is 569. The van der Waals surface area contributed by atoms with Gasteiger partial charge in [-0.25, -0.2) is 8.42 Å². The predicted molar refractivity (Wildman–Crippen MR) is 75.7 cm³/mol. The first-order valence-electron chi connectivity index (χ1n) is 6.86. The average Bonchev–Trinajstić information content (AvgIpc) is 2.80. The van der Waals surface area contributed by atoms with E-state index in [2.05, 4.69) is 5.10 Å². The molecular weight excluding hydrogens is 280 g/mol. The quantitative estimate of drug-likeness (QED) is 0.883. The second kappa shape index (κ2) is 5.71. The molecular formula is C12H22N4O3S. The molecule has 2 heterocycles. The zero-order valence-electron chi connectivity index (χ0n) is 12.1. The number of sulfonamides is 1. The number of aromatic nitrogens is 2. The van der Waals surface area contributed by atoms with Crippen LogP contribution in [0.15, 0.2) is 11.1 Å². The second-order valence-electron chi connectivity index (χ2n) is 5.02. The minimum atomic E-state index is -3.63. The molecule has 1 aliphatic rings. The van der Waals surface area contributed by atoms with Gasteiger partial charge in [-0.3, -0.25) is 4.68 Å². The molecule has 0 saturated carbocycles. The third-order valence-electron chi connectivity index (χ3n) is 3.55. The van der Waals surface area contributed by atoms with Crippen LogP contribution in [0.1, 0.15) is 27.2 Å². The van der Waals surface area contributed by atoms with E-state index in [0.717, 1.165) is 0 Å². The first-order valence-corrected chi connectivity index (χ1v) is 8.30. The van der Waals surface area contributed by atoms with Crippen LogP contribution >= 0.6 is 0 Å². The van der Waals surface area contributed by atoms with Crippen molar-refractivity contribution in [3.8, 4) is 0 Å². The molecule has 20 heavy (non-hydrogen) atoms. The van der Waals surface area contributed by atoms with Crippen molar-refractivity contribution in [3.05, 3.63) is 6.20 Å². The molecule has 0 bridgehead atoms. The Morgan fingerprint density at radius 3 is 2.75 bits per heavy atom. The highest BCUT2D eigenvalue weighted by molar-refractivity contribution is 7.89. The highest BCUT2D eigenvalue weighted by Gasteiger charge is 2.37. The molecule has 1 saturated heterocycles. The Labute approximate surface area is 119 Å². The van der Waals surface area contributed by atoms with E-state index in [4.69, 9.17) is 10.5 Å². The lowest BCUT2D eigenvalue weighted by atomic mass is 10.2. The van der Waals surface area contributed by atoms with Crippen LogP contribution in [0.5, 0.6) is 0 Å². The summed E-state index contributed by atoms with van der Waals surface area (Å²) >= 11 is 0. The van der Waals surface area contributed by atoms with Gasteiger partial charge in [0.2, 0.25) is 10.0 Å². The van der Waals surface area contributed by atoms with Crippen molar-refractivity contribution in [3.63, 3.8) is 0 Å². The molecule has 1 aliphatic heterocycles. The lowest BCUT2D eigenvalue weighted by molar-refractivity contribution is -0.0230. The topological polar surface area (TPSA) is 90.5 Å². The fourth-order valence-electron chi connectivity index (χ4n) is 2.33. The highest BCUT2D eigenvalue weighted by atomic mass is 32.2. The summed E-state index contributed by atoms with van der Waals surface area (Å²) in [5, 5.41) is 4.02. The Morgan fingerprint density at radius 1 is 1.50 bits per heavy atom. The number of anilines is 1. The van der Waals surface area contributed by atoms with Crippen molar-refractivity contribution in [2.75, 3.05) is 18.9 Å². The lowest BCUT2D eigenvalue weighted by Gasteiger charge is -2.36. The zero-order chi connectivity index (χ0) is 14.9. The van der Waals surface area contributed by atoms with Gasteiger partial charge in [-0.15, -0.1) is 0 Å². The van der Waals surface area contributed by atoms with Crippen molar-refractivity contribution in [2.24, 2.45) is 0 Å². The van der Waals surface area contributed by atoms with Gasteiger partial charge < -0.3 is 10.5 Å². The Morgan fingerprint density at radius 2 is 2.20 bits per heavy atom. The van der Waals surface area contributed by atoms with Gasteiger partial charge in [-0.2, -0.15) is 9.40 Å². The molecule has 0 amide bonds. The van der Waals surface area contributed by atoms with Crippen LogP contribution < -0.4 is 5.73 Å². The van der Waals surface area contributed by atoms with Gasteiger partial charge in [0.25, 0.3) is 0 Å². The molecule has 1 fully saturated rings. The normalized spacial score (nSPS) is 24.9. The number of rotatable bonds is 4. The van der Waals surface area contributed by atoms with Crippen LogP contribution in [0.4, 0.5) is 5.82 Å². The van der Waals surface area contributed by atoms with Crippen LogP contribution in [0.3, 0.4) is 0 Å². The van der Waals surface area contributed by atoms with Crippen molar-refractivity contribution in [1.82, 2.24) is 14.1 Å². The summed E-state index contributed by atoms with van der Waals surface area (Å²) in [7, 11) is -3.63. The van der Waals surface area contributed by atoms with Crippen LogP contribution in [-0.2, 0) is 21.3 Å². The molecule has 0 spiro atoms. The fourth-order valence-corrected chi connectivity index (χ4v) is 4.16. The van der Waals surface area contributed by atoms with E-state index in [0.29, 0.717) is 26.1 Å². The van der Waals surface area contributed by atoms with E-state index in [9.17, 15) is 8.42 Å². The van der Waals surface area contributed by atoms with E-state index >= 15 is 0 Å². The maximum Gasteiger partial charge on any atom is 0.248 e. The minimum Gasteiger partial charge on any atom is -0.381 e. The molecule has 0 aliphatic carbocycles. The van der Waals surface area contributed by atoms with Gasteiger partial charge in [0.05, 0.1) is 12.7 Å². The van der Waals surface area contributed by atoms with Gasteiger partial charge in [-0.1, -0.05) is 6.92 Å². The van der Waals surface area contributed by atoms with E-state index in [1.54, 1.807) is 0 Å². The average molecular weight is 302 g/mol. The third kappa shape index (κ3) is 2.68. The molecule has 8 heteroatoms. The van der Waals surface area contributed by atoms with E-state index in [1.165, 1.54) is 15.2 Å². The number of ether oxygens (including phenoxy) is 1. The summed E-state index contributed by atoms with van der Waals surface area (Å²) in [5.74, 6) is 0.0563. The number of nitrogens with zero attached hydrogens (tertiary/aromatic N) is 3. The van der Waals surface area contributed by atoms with Crippen LogP contribution in [-0.4, -0.2) is 47.8 Å². The Kier molecular flexibility index (Phi) is 4.36. The Hall–Kier alpha value is -1.12. The van der Waals surface area contributed by atoms with Gasteiger partial charge >= 0.3 is 0 Å². The molecule has 0 aromatic carbocycles. The molecule has 2 atom stereocenters. The fraction of sp³-hybridized carbons (Fsp3) is 0.750. The van der Waals surface area contributed by atoms with Gasteiger partial charge in [-0.05, 0) is 20.3 Å². The maximum absolute atomic E-state index is 12.8. The SMILES string of the molecule is CCC1COC(C)CN1S(=O)(=O)c1cn(CC)nc1N. The van der Waals surface area contributed by atoms with E-state index < -0.39 is 10.0 Å². The molecule has 0 radical (unpaired) electrons. The maximum atomic E-state index is 12.8. The standard InChI is InChI=1S/C12H22N4O3S/c1-4-10-8-19-9(3)6-16(10)20(17,18)11-7-15(5-2)14-12(11)13/h7,9-10H,4-6,8H2,1-3H3,(H2,13,14). The van der Waals surface area contributed by atoms with Crippen LogP contribution in [0.25, 0.3) is 0 Å². The number of hydrogen-bond acceptors (Lipinski definition) is 5. The molecule has 1 aromatic rings. The molecule has 2 rings (SSSR count). The van der Waals surface area contributed by atoms with Crippen molar-refractivity contribution in [1.29, 1.82) is 0 Å². The molecule has 114 valence electrons. The number of nitrogens with two attached hydrogens (primary N) is 1. The summed E-state index contributed by atoms with van der Waals surface area (Å²) in [6.45, 7) is 7.04. The lowest BCUT2D eigenvalue weighted by Crippen LogP contribution is -2.51. The van der Waals surface area contributed by atoms with Gasteiger partial charge in [0, 0.05) is 25.3 Å². The number of hydrogen-bond donors (Lipinski definition) is 1. The second-order valence-corrected chi connectivity index (χ2v) is 6.87.